The van der Waals surface area contributed by atoms with Crippen LogP contribution in [0.5, 0.6) is 0 Å². The molecule has 3 rings (SSSR count). The van der Waals surface area contributed by atoms with Gasteiger partial charge in [-0.05, 0) is 39.8 Å². The maximum Gasteiger partial charge on any atom is 0.254 e. The highest BCUT2D eigenvalue weighted by molar-refractivity contribution is 5.85. The minimum absolute atomic E-state index is 0.171. The maximum absolute atomic E-state index is 13.0. The van der Waals surface area contributed by atoms with Crippen LogP contribution in [-0.4, -0.2) is 77.5 Å². The molecule has 140 valence electrons. The first-order valence-electron chi connectivity index (χ1n) is 9.23. The van der Waals surface area contributed by atoms with Crippen LogP contribution in [0.1, 0.15) is 29.8 Å². The van der Waals surface area contributed by atoms with Gasteiger partial charge in [-0.25, -0.2) is 0 Å². The van der Waals surface area contributed by atoms with E-state index in [1.165, 1.54) is 11.3 Å². The van der Waals surface area contributed by atoms with E-state index in [9.17, 15) is 4.79 Å². The molecule has 3 heterocycles. The first-order chi connectivity index (χ1) is 12.0. The van der Waals surface area contributed by atoms with E-state index in [-0.39, 0.29) is 5.91 Å². The summed E-state index contributed by atoms with van der Waals surface area (Å²) >= 11 is 0. The van der Waals surface area contributed by atoms with Crippen LogP contribution in [0.15, 0.2) is 0 Å². The molecule has 2 aliphatic heterocycles. The minimum atomic E-state index is -0.621. The third-order valence-corrected chi connectivity index (χ3v) is 5.89. The molecule has 0 spiro atoms. The highest BCUT2D eigenvalue weighted by atomic mass is 16.5. The molecular formula is C18H31N5O2. The molecule has 2 fully saturated rings. The van der Waals surface area contributed by atoms with Gasteiger partial charge in [0.2, 0.25) is 0 Å². The summed E-state index contributed by atoms with van der Waals surface area (Å²) in [5.74, 6) is 0.171. The number of piperazine rings is 1. The van der Waals surface area contributed by atoms with Crippen LogP contribution in [-0.2, 0) is 23.1 Å². The molecule has 0 aliphatic carbocycles. The fraction of sp³-hybridized carbons (Fsp3) is 0.778. The normalized spacial score (nSPS) is 21.5. The molecule has 0 unspecified atom stereocenters. The summed E-state index contributed by atoms with van der Waals surface area (Å²) in [5.41, 5.74) is 3.02. The molecule has 0 bridgehead atoms. The molecule has 2 aliphatic rings. The number of aromatic nitrogens is 2. The summed E-state index contributed by atoms with van der Waals surface area (Å²) < 4.78 is 7.64. The van der Waals surface area contributed by atoms with Gasteiger partial charge < -0.3 is 15.0 Å². The Kier molecular flexibility index (Phi) is 5.46. The average molecular weight is 349 g/mol. The summed E-state index contributed by atoms with van der Waals surface area (Å²) in [4.78, 5) is 17.4. The van der Waals surface area contributed by atoms with Gasteiger partial charge in [0.25, 0.3) is 5.91 Å². The van der Waals surface area contributed by atoms with Gasteiger partial charge in [-0.15, -0.1) is 0 Å². The van der Waals surface area contributed by atoms with E-state index in [0.717, 1.165) is 64.3 Å². The predicted octanol–water partition coefficient (Wildman–Crippen LogP) is 0.450. The van der Waals surface area contributed by atoms with E-state index in [1.807, 2.05) is 16.6 Å². The molecule has 1 N–H and O–H groups in total. The quantitative estimate of drug-likeness (QED) is 0.855. The second kappa shape index (κ2) is 7.43. The van der Waals surface area contributed by atoms with Gasteiger partial charge in [-0.1, -0.05) is 0 Å². The number of aryl methyl sites for hydroxylation is 2. The number of rotatable bonds is 4. The zero-order valence-electron chi connectivity index (χ0n) is 16.0. The van der Waals surface area contributed by atoms with E-state index in [1.54, 1.807) is 7.11 Å². The van der Waals surface area contributed by atoms with Crippen molar-refractivity contribution in [1.29, 1.82) is 0 Å². The van der Waals surface area contributed by atoms with Crippen LogP contribution in [0.25, 0.3) is 0 Å². The zero-order chi connectivity index (χ0) is 18.0. The van der Waals surface area contributed by atoms with E-state index >= 15 is 0 Å². The number of nitrogens with one attached hydrogen (secondary N) is 1. The lowest BCUT2D eigenvalue weighted by atomic mass is 9.90. The Balaban J connectivity index is 1.59. The van der Waals surface area contributed by atoms with Gasteiger partial charge in [0, 0.05) is 58.1 Å². The number of carbonyl (C=O) groups is 1. The van der Waals surface area contributed by atoms with Crippen molar-refractivity contribution in [1.82, 2.24) is 24.9 Å². The van der Waals surface area contributed by atoms with Crippen LogP contribution in [0.3, 0.4) is 0 Å². The Morgan fingerprint density at radius 3 is 2.36 bits per heavy atom. The Morgan fingerprint density at radius 2 is 1.84 bits per heavy atom. The molecule has 0 aromatic carbocycles. The summed E-state index contributed by atoms with van der Waals surface area (Å²) in [5, 5.41) is 7.82. The molecule has 0 atom stereocenters. The lowest BCUT2D eigenvalue weighted by Crippen LogP contribution is -2.59. The Labute approximate surface area is 150 Å². The van der Waals surface area contributed by atoms with Crippen molar-refractivity contribution in [2.45, 2.75) is 38.8 Å². The first-order valence-corrected chi connectivity index (χ1v) is 9.23. The third-order valence-electron chi connectivity index (χ3n) is 5.89. The smallest absolute Gasteiger partial charge is 0.254 e. The summed E-state index contributed by atoms with van der Waals surface area (Å²) in [6.45, 7) is 10.1. The standard InChI is InChI=1S/C18H31N5O2/c1-14-16(15(2)21(3)20-14)13-22-9-11-23(12-10-22)17(24)18(25-4)5-7-19-8-6-18/h19H,5-13H2,1-4H3. The molecule has 0 radical (unpaired) electrons. The number of nitrogens with zero attached hydrogens (tertiary/aromatic N) is 4. The summed E-state index contributed by atoms with van der Waals surface area (Å²) in [7, 11) is 3.67. The number of hydrogen-bond acceptors (Lipinski definition) is 5. The van der Waals surface area contributed by atoms with Crippen molar-refractivity contribution >= 4 is 5.91 Å². The SMILES string of the molecule is COC1(C(=O)N2CCN(Cc3c(C)nn(C)c3C)CC2)CCNCC1. The molecule has 25 heavy (non-hydrogen) atoms. The van der Waals surface area contributed by atoms with Gasteiger partial charge >= 0.3 is 0 Å². The molecule has 7 nitrogen and oxygen atoms in total. The molecule has 1 aromatic heterocycles. The lowest BCUT2D eigenvalue weighted by molar-refractivity contribution is -0.160. The van der Waals surface area contributed by atoms with Gasteiger partial charge in [-0.2, -0.15) is 5.10 Å². The topological polar surface area (TPSA) is 62.6 Å². The number of piperidine rings is 1. The summed E-state index contributed by atoms with van der Waals surface area (Å²) in [6.07, 6.45) is 1.52. The number of ether oxygens (including phenoxy) is 1. The monoisotopic (exact) mass is 349 g/mol. The average Bonchev–Trinajstić information content (AvgIpc) is 2.88. The molecule has 7 heteroatoms. The van der Waals surface area contributed by atoms with Crippen LogP contribution < -0.4 is 5.32 Å². The van der Waals surface area contributed by atoms with Gasteiger partial charge in [0.1, 0.15) is 5.60 Å². The van der Waals surface area contributed by atoms with Crippen molar-refractivity contribution < 1.29 is 9.53 Å². The van der Waals surface area contributed by atoms with Crippen LogP contribution in [0.4, 0.5) is 0 Å². The number of hydrogen-bond donors (Lipinski definition) is 1. The van der Waals surface area contributed by atoms with Crippen LogP contribution >= 0.6 is 0 Å². The highest BCUT2D eigenvalue weighted by Crippen LogP contribution is 2.26. The second-order valence-electron chi connectivity index (χ2n) is 7.29. The van der Waals surface area contributed by atoms with Crippen LogP contribution in [0.2, 0.25) is 0 Å². The van der Waals surface area contributed by atoms with Gasteiger partial charge in [-0.3, -0.25) is 14.4 Å². The third kappa shape index (κ3) is 3.59. The molecular weight excluding hydrogens is 318 g/mol. The minimum Gasteiger partial charge on any atom is -0.368 e. The van der Waals surface area contributed by atoms with E-state index in [4.69, 9.17) is 4.74 Å². The van der Waals surface area contributed by atoms with Crippen molar-refractivity contribution in [2.75, 3.05) is 46.4 Å². The van der Waals surface area contributed by atoms with E-state index in [0.29, 0.717) is 0 Å². The fourth-order valence-corrected chi connectivity index (χ4v) is 4.00. The Morgan fingerprint density at radius 1 is 1.20 bits per heavy atom. The second-order valence-corrected chi connectivity index (χ2v) is 7.29. The maximum atomic E-state index is 13.0. The fourth-order valence-electron chi connectivity index (χ4n) is 4.00. The predicted molar refractivity (Wildman–Crippen MR) is 96.4 cm³/mol. The molecule has 1 amide bonds. The zero-order valence-corrected chi connectivity index (χ0v) is 16.0. The summed E-state index contributed by atoms with van der Waals surface area (Å²) in [6, 6.07) is 0. The van der Waals surface area contributed by atoms with Crippen LogP contribution in [0, 0.1) is 13.8 Å². The van der Waals surface area contributed by atoms with E-state index in [2.05, 4.69) is 29.2 Å². The molecule has 0 saturated carbocycles. The highest BCUT2D eigenvalue weighted by Gasteiger charge is 2.43. The first kappa shape index (κ1) is 18.4. The molecule has 2 saturated heterocycles. The number of amides is 1. The lowest BCUT2D eigenvalue weighted by Gasteiger charge is -2.42. The number of methoxy groups -OCH3 is 1. The largest absolute Gasteiger partial charge is 0.368 e. The number of carbonyl (C=O) groups excluding carboxylic acids is 1. The van der Waals surface area contributed by atoms with Gasteiger partial charge in [0.05, 0.1) is 5.69 Å². The van der Waals surface area contributed by atoms with Crippen molar-refractivity contribution in [3.8, 4) is 0 Å². The molecule has 1 aromatic rings. The van der Waals surface area contributed by atoms with Crippen molar-refractivity contribution in [2.24, 2.45) is 7.05 Å². The van der Waals surface area contributed by atoms with E-state index < -0.39 is 5.60 Å². The Hall–Kier alpha value is -1.44. The van der Waals surface area contributed by atoms with Gasteiger partial charge in [0.15, 0.2) is 0 Å². The van der Waals surface area contributed by atoms with Crippen molar-refractivity contribution in [3.63, 3.8) is 0 Å². The van der Waals surface area contributed by atoms with Crippen molar-refractivity contribution in [3.05, 3.63) is 17.0 Å². The Bertz CT molecular complexity index is 613.